The maximum absolute atomic E-state index is 14.3. The molecule has 4 nitrogen and oxygen atoms in total. The molecule has 2 bridgehead atoms. The van der Waals surface area contributed by atoms with E-state index in [0.717, 1.165) is 43.0 Å². The van der Waals surface area contributed by atoms with Crippen molar-refractivity contribution in [3.63, 3.8) is 0 Å². The van der Waals surface area contributed by atoms with Gasteiger partial charge in [0.05, 0.1) is 32.7 Å². The normalized spacial score (nSPS) is 29.5. The number of rotatable bonds is 4. The number of halogens is 1. The molecule has 0 spiro atoms. The molecule has 0 aromatic heterocycles. The number of hydrogen-bond acceptors (Lipinski definition) is 2. The number of benzene rings is 1. The number of amides is 1. The predicted octanol–water partition coefficient (Wildman–Crippen LogP) is 4.87. The monoisotopic (exact) mass is 389 g/mol. The van der Waals surface area contributed by atoms with Gasteiger partial charge in [0.1, 0.15) is 11.9 Å². The van der Waals surface area contributed by atoms with E-state index in [0.29, 0.717) is 24.2 Å². The molecular weight excluding hydrogens is 355 g/mol. The summed E-state index contributed by atoms with van der Waals surface area (Å²) in [6, 6.07) is 8.12. The average Bonchev–Trinajstić information content (AvgIpc) is 2.85. The zero-order valence-electron chi connectivity index (χ0n) is 17.3. The number of piperidine rings is 1. The topological polar surface area (TPSA) is 29.5 Å². The first-order valence-corrected chi connectivity index (χ1v) is 11.0. The molecule has 1 aromatic rings. The Morgan fingerprint density at radius 2 is 1.71 bits per heavy atom. The fourth-order valence-corrected chi connectivity index (χ4v) is 5.68. The lowest BCUT2D eigenvalue weighted by Crippen LogP contribution is -2.56. The fraction of sp³-hybridized carbons (Fsp3) is 0.696. The van der Waals surface area contributed by atoms with E-state index in [2.05, 4.69) is 14.1 Å². The molecule has 1 aliphatic carbocycles. The lowest BCUT2D eigenvalue weighted by atomic mass is 9.94. The SMILES string of the molecule is C[N+]1(C)C2CCC1CC(OC(=O)N(Cc1ccccc1F)C1CCCCC1)C2. The molecule has 5 heteroatoms. The van der Waals surface area contributed by atoms with Gasteiger partial charge in [-0.15, -0.1) is 0 Å². The van der Waals surface area contributed by atoms with Crippen LogP contribution in [-0.2, 0) is 11.3 Å². The summed E-state index contributed by atoms with van der Waals surface area (Å²) < 4.78 is 21.4. The summed E-state index contributed by atoms with van der Waals surface area (Å²) in [5.41, 5.74) is 0.575. The van der Waals surface area contributed by atoms with Crippen LogP contribution in [0.2, 0.25) is 0 Å². The molecule has 1 saturated carbocycles. The van der Waals surface area contributed by atoms with Crippen molar-refractivity contribution >= 4 is 6.09 Å². The van der Waals surface area contributed by atoms with E-state index in [1.165, 1.54) is 25.3 Å². The van der Waals surface area contributed by atoms with Crippen LogP contribution in [0.4, 0.5) is 9.18 Å². The molecule has 2 heterocycles. The Bertz CT molecular complexity index is 686. The quantitative estimate of drug-likeness (QED) is 0.688. The van der Waals surface area contributed by atoms with Crippen molar-refractivity contribution in [2.45, 2.75) is 88.6 Å². The average molecular weight is 390 g/mol. The second kappa shape index (κ2) is 8.02. The zero-order valence-corrected chi connectivity index (χ0v) is 17.3. The molecule has 2 saturated heterocycles. The van der Waals surface area contributed by atoms with Crippen LogP contribution in [0.15, 0.2) is 24.3 Å². The van der Waals surface area contributed by atoms with E-state index in [-0.39, 0.29) is 24.1 Å². The van der Waals surface area contributed by atoms with Crippen LogP contribution in [0.3, 0.4) is 0 Å². The van der Waals surface area contributed by atoms with Crippen LogP contribution in [0.5, 0.6) is 0 Å². The third-order valence-corrected chi connectivity index (χ3v) is 7.60. The lowest BCUT2D eigenvalue weighted by Gasteiger charge is -2.44. The van der Waals surface area contributed by atoms with Gasteiger partial charge in [-0.25, -0.2) is 9.18 Å². The first kappa shape index (κ1) is 19.7. The van der Waals surface area contributed by atoms with Gasteiger partial charge in [0.2, 0.25) is 0 Å². The van der Waals surface area contributed by atoms with Crippen LogP contribution in [0, 0.1) is 5.82 Å². The molecule has 3 fully saturated rings. The van der Waals surface area contributed by atoms with Gasteiger partial charge in [-0.2, -0.15) is 0 Å². The van der Waals surface area contributed by atoms with Gasteiger partial charge >= 0.3 is 6.09 Å². The molecule has 2 atom stereocenters. The van der Waals surface area contributed by atoms with Gasteiger partial charge in [0.15, 0.2) is 0 Å². The highest BCUT2D eigenvalue weighted by atomic mass is 19.1. The van der Waals surface area contributed by atoms with E-state index in [1.807, 2.05) is 11.0 Å². The minimum Gasteiger partial charge on any atom is -0.446 e. The van der Waals surface area contributed by atoms with Crippen molar-refractivity contribution in [1.82, 2.24) is 4.90 Å². The highest BCUT2D eigenvalue weighted by Gasteiger charge is 2.50. The number of ether oxygens (including phenoxy) is 1. The molecule has 1 amide bonds. The number of carbonyl (C=O) groups excluding carboxylic acids is 1. The Kier molecular flexibility index (Phi) is 5.64. The minimum absolute atomic E-state index is 0.00265. The number of carbonyl (C=O) groups is 1. The van der Waals surface area contributed by atoms with Gasteiger partial charge < -0.3 is 14.1 Å². The predicted molar refractivity (Wildman–Crippen MR) is 107 cm³/mol. The summed E-state index contributed by atoms with van der Waals surface area (Å²) in [6.45, 7) is 0.303. The molecule has 1 aromatic carbocycles. The highest BCUT2D eigenvalue weighted by Crippen LogP contribution is 2.40. The summed E-state index contributed by atoms with van der Waals surface area (Å²) in [5, 5.41) is 0. The summed E-state index contributed by atoms with van der Waals surface area (Å²) in [5.74, 6) is -0.245. The minimum atomic E-state index is -0.245. The van der Waals surface area contributed by atoms with E-state index in [9.17, 15) is 9.18 Å². The largest absolute Gasteiger partial charge is 0.446 e. The van der Waals surface area contributed by atoms with Crippen molar-refractivity contribution < 1.29 is 18.4 Å². The Labute approximate surface area is 168 Å². The molecule has 154 valence electrons. The maximum Gasteiger partial charge on any atom is 0.410 e. The maximum atomic E-state index is 14.3. The molecule has 2 aliphatic heterocycles. The smallest absolute Gasteiger partial charge is 0.410 e. The van der Waals surface area contributed by atoms with Gasteiger partial charge in [0, 0.05) is 37.3 Å². The number of nitrogens with zero attached hydrogens (tertiary/aromatic N) is 2. The van der Waals surface area contributed by atoms with Gasteiger partial charge in [-0.3, -0.25) is 0 Å². The number of fused-ring (bicyclic) bond motifs is 2. The molecule has 3 aliphatic rings. The Morgan fingerprint density at radius 1 is 1.07 bits per heavy atom. The third kappa shape index (κ3) is 3.91. The fourth-order valence-electron chi connectivity index (χ4n) is 5.68. The first-order chi connectivity index (χ1) is 13.4. The highest BCUT2D eigenvalue weighted by molar-refractivity contribution is 5.68. The van der Waals surface area contributed by atoms with E-state index in [1.54, 1.807) is 12.1 Å². The number of hydrogen-bond donors (Lipinski definition) is 0. The third-order valence-electron chi connectivity index (χ3n) is 7.60. The van der Waals surface area contributed by atoms with E-state index >= 15 is 0 Å². The van der Waals surface area contributed by atoms with Crippen molar-refractivity contribution in [2.24, 2.45) is 0 Å². The van der Waals surface area contributed by atoms with Crippen LogP contribution in [-0.4, -0.2) is 53.8 Å². The molecule has 0 radical (unpaired) electrons. The lowest BCUT2D eigenvalue weighted by molar-refractivity contribution is -0.931. The van der Waals surface area contributed by atoms with Crippen molar-refractivity contribution in [3.05, 3.63) is 35.6 Å². The van der Waals surface area contributed by atoms with Crippen LogP contribution >= 0.6 is 0 Å². The molecule has 2 unspecified atom stereocenters. The van der Waals surface area contributed by atoms with Crippen molar-refractivity contribution in [1.29, 1.82) is 0 Å². The van der Waals surface area contributed by atoms with E-state index in [4.69, 9.17) is 4.74 Å². The molecular formula is C23H34FN2O2+. The summed E-state index contributed by atoms with van der Waals surface area (Å²) in [4.78, 5) is 15.0. The van der Waals surface area contributed by atoms with Crippen LogP contribution in [0.25, 0.3) is 0 Å². The van der Waals surface area contributed by atoms with Gasteiger partial charge in [-0.05, 0) is 18.9 Å². The molecule has 0 N–H and O–H groups in total. The first-order valence-electron chi connectivity index (χ1n) is 11.0. The summed E-state index contributed by atoms with van der Waals surface area (Å²) in [6.07, 6.45) is 9.58. The van der Waals surface area contributed by atoms with Crippen LogP contribution in [0.1, 0.15) is 63.4 Å². The van der Waals surface area contributed by atoms with Crippen molar-refractivity contribution in [2.75, 3.05) is 14.1 Å². The Hall–Kier alpha value is -1.62. The van der Waals surface area contributed by atoms with E-state index < -0.39 is 0 Å². The standard InChI is InChI=1S/C23H34FN2O2/c1-26(2)19-12-13-20(26)15-21(14-19)28-23(27)25(18-9-4-3-5-10-18)16-17-8-6-7-11-22(17)24/h6-8,11,18-21H,3-5,9-10,12-16H2,1-2H3/q+1. The van der Waals surface area contributed by atoms with Gasteiger partial charge in [0.25, 0.3) is 0 Å². The second-order valence-corrected chi connectivity index (χ2v) is 9.50. The molecule has 4 rings (SSSR count). The molecule has 28 heavy (non-hydrogen) atoms. The summed E-state index contributed by atoms with van der Waals surface area (Å²) >= 11 is 0. The summed E-state index contributed by atoms with van der Waals surface area (Å²) in [7, 11) is 4.62. The second-order valence-electron chi connectivity index (χ2n) is 9.50. The van der Waals surface area contributed by atoms with Crippen LogP contribution < -0.4 is 0 Å². The Morgan fingerprint density at radius 3 is 2.36 bits per heavy atom. The number of quaternary nitrogens is 1. The Balaban J connectivity index is 1.46. The zero-order chi connectivity index (χ0) is 19.7. The van der Waals surface area contributed by atoms with Gasteiger partial charge in [-0.1, -0.05) is 37.5 Å². The van der Waals surface area contributed by atoms with Crippen molar-refractivity contribution in [3.8, 4) is 0 Å².